The van der Waals surface area contributed by atoms with Crippen LogP contribution in [-0.4, -0.2) is 27.5 Å². The summed E-state index contributed by atoms with van der Waals surface area (Å²) in [5, 5.41) is 8.20. The summed E-state index contributed by atoms with van der Waals surface area (Å²) in [5.74, 6) is 0.542. The van der Waals surface area contributed by atoms with E-state index in [1.54, 1.807) is 13.2 Å². The van der Waals surface area contributed by atoms with Gasteiger partial charge in [0.2, 0.25) is 11.9 Å². The Balaban J connectivity index is 1.88. The number of amides is 1. The average Bonchev–Trinajstić information content (AvgIpc) is 3.07. The number of hydrogen-bond donors (Lipinski definition) is 2. The maximum Gasteiger partial charge on any atom is 0.246 e. The maximum absolute atomic E-state index is 12.1. The van der Waals surface area contributed by atoms with Crippen LogP contribution in [0.15, 0.2) is 35.8 Å². The van der Waals surface area contributed by atoms with Crippen LogP contribution in [0.4, 0.5) is 11.1 Å². The second-order valence-corrected chi connectivity index (χ2v) is 5.04. The first-order valence-corrected chi connectivity index (χ1v) is 6.98. The largest absolute Gasteiger partial charge is 0.359 e. The highest BCUT2D eigenvalue weighted by Crippen LogP contribution is 2.19. The molecule has 3 aromatic rings. The fourth-order valence-corrected chi connectivity index (χ4v) is 2.56. The minimum Gasteiger partial charge on any atom is -0.359 e. The van der Waals surface area contributed by atoms with Crippen LogP contribution < -0.4 is 10.6 Å². The first-order chi connectivity index (χ1) is 9.78. The molecule has 0 aliphatic carbocycles. The predicted octanol–water partition coefficient (Wildman–Crippen LogP) is 2.17. The fourth-order valence-electron chi connectivity index (χ4n) is 2.01. The number of thiazole rings is 1. The second-order valence-electron chi connectivity index (χ2n) is 4.15. The predicted molar refractivity (Wildman–Crippen MR) is 80.0 cm³/mol. The number of fused-ring (bicyclic) bond motifs is 1. The molecule has 1 aromatic carbocycles. The van der Waals surface area contributed by atoms with Crippen molar-refractivity contribution in [1.82, 2.24) is 14.5 Å². The molecule has 2 heterocycles. The fraction of sp³-hybridized carbons (Fsp3) is 0.154. The Morgan fingerprint density at radius 1 is 1.40 bits per heavy atom. The van der Waals surface area contributed by atoms with Crippen LogP contribution in [0.25, 0.3) is 11.0 Å². The number of nitrogens with one attached hydrogen (secondary N) is 2. The molecule has 2 N–H and O–H groups in total. The molecule has 0 radical (unpaired) electrons. The summed E-state index contributed by atoms with van der Waals surface area (Å²) >= 11 is 1.39. The molecule has 2 aromatic heterocycles. The number of benzene rings is 1. The number of aromatic nitrogens is 3. The molecular weight excluding hydrogens is 274 g/mol. The Labute approximate surface area is 119 Å². The lowest BCUT2D eigenvalue weighted by Crippen LogP contribution is -2.19. The van der Waals surface area contributed by atoms with Crippen molar-refractivity contribution in [2.24, 2.45) is 0 Å². The maximum atomic E-state index is 12.1. The minimum absolute atomic E-state index is 0.125. The van der Waals surface area contributed by atoms with E-state index in [2.05, 4.69) is 20.6 Å². The van der Waals surface area contributed by atoms with E-state index in [-0.39, 0.29) is 12.5 Å². The van der Waals surface area contributed by atoms with Gasteiger partial charge in [0, 0.05) is 18.6 Å². The molecule has 20 heavy (non-hydrogen) atoms. The summed E-state index contributed by atoms with van der Waals surface area (Å²) in [4.78, 5) is 20.5. The molecule has 0 unspecified atom stereocenters. The van der Waals surface area contributed by atoms with E-state index in [0.717, 1.165) is 11.0 Å². The van der Waals surface area contributed by atoms with Crippen molar-refractivity contribution in [1.29, 1.82) is 0 Å². The third kappa shape index (κ3) is 2.35. The van der Waals surface area contributed by atoms with E-state index < -0.39 is 0 Å². The lowest BCUT2D eigenvalue weighted by atomic mass is 10.3. The summed E-state index contributed by atoms with van der Waals surface area (Å²) in [6.07, 6.45) is 1.66. The lowest BCUT2D eigenvalue weighted by molar-refractivity contribution is -0.116. The van der Waals surface area contributed by atoms with Crippen molar-refractivity contribution in [3.8, 4) is 0 Å². The van der Waals surface area contributed by atoms with E-state index in [1.807, 2.05) is 34.2 Å². The third-order valence-electron chi connectivity index (χ3n) is 2.86. The van der Waals surface area contributed by atoms with Gasteiger partial charge in [-0.15, -0.1) is 11.3 Å². The van der Waals surface area contributed by atoms with Gasteiger partial charge in [0.1, 0.15) is 6.54 Å². The van der Waals surface area contributed by atoms with Crippen molar-refractivity contribution in [2.45, 2.75) is 6.54 Å². The number of carbonyl (C=O) groups excluding carboxylic acids is 1. The molecule has 0 saturated heterocycles. The molecule has 0 saturated carbocycles. The van der Waals surface area contributed by atoms with Crippen LogP contribution in [-0.2, 0) is 11.3 Å². The number of nitrogens with zero attached hydrogens (tertiary/aromatic N) is 3. The highest BCUT2D eigenvalue weighted by atomic mass is 32.1. The van der Waals surface area contributed by atoms with Crippen LogP contribution in [0.1, 0.15) is 0 Å². The molecule has 0 spiro atoms. The molecule has 0 aliphatic heterocycles. The van der Waals surface area contributed by atoms with E-state index >= 15 is 0 Å². The summed E-state index contributed by atoms with van der Waals surface area (Å²) < 4.78 is 1.85. The van der Waals surface area contributed by atoms with Gasteiger partial charge in [0.25, 0.3) is 0 Å². The van der Waals surface area contributed by atoms with Crippen LogP contribution in [0.3, 0.4) is 0 Å². The van der Waals surface area contributed by atoms with Gasteiger partial charge in [-0.25, -0.2) is 9.97 Å². The first-order valence-electron chi connectivity index (χ1n) is 6.10. The Kier molecular flexibility index (Phi) is 3.34. The number of carbonyl (C=O) groups is 1. The number of hydrogen-bond acceptors (Lipinski definition) is 5. The highest BCUT2D eigenvalue weighted by molar-refractivity contribution is 7.13. The lowest BCUT2D eigenvalue weighted by Gasteiger charge is -2.07. The highest BCUT2D eigenvalue weighted by Gasteiger charge is 2.13. The van der Waals surface area contributed by atoms with Gasteiger partial charge in [-0.3, -0.25) is 4.79 Å². The van der Waals surface area contributed by atoms with Crippen LogP contribution >= 0.6 is 11.3 Å². The standard InChI is InChI=1S/C13H13N5OS/c1-14-12-16-9-4-2-3-5-10(9)18(12)8-11(19)17-13-15-6-7-20-13/h2-7H,8H2,1H3,(H,14,16)(H,15,17,19). The molecule has 1 amide bonds. The van der Waals surface area contributed by atoms with Gasteiger partial charge in [0.15, 0.2) is 5.13 Å². The van der Waals surface area contributed by atoms with E-state index in [4.69, 9.17) is 0 Å². The number of rotatable bonds is 4. The third-order valence-corrected chi connectivity index (χ3v) is 3.55. The zero-order valence-corrected chi connectivity index (χ0v) is 11.6. The monoisotopic (exact) mass is 287 g/mol. The molecule has 0 bridgehead atoms. The number of para-hydroxylation sites is 2. The van der Waals surface area contributed by atoms with Crippen molar-refractivity contribution >= 4 is 39.4 Å². The Morgan fingerprint density at radius 3 is 3.00 bits per heavy atom. The van der Waals surface area contributed by atoms with Gasteiger partial charge < -0.3 is 15.2 Å². The van der Waals surface area contributed by atoms with Crippen molar-refractivity contribution in [3.63, 3.8) is 0 Å². The molecule has 0 fully saturated rings. The molecule has 7 heteroatoms. The number of anilines is 2. The van der Waals surface area contributed by atoms with E-state index in [1.165, 1.54) is 11.3 Å². The second kappa shape index (κ2) is 5.30. The Bertz CT molecular complexity index is 734. The average molecular weight is 287 g/mol. The Morgan fingerprint density at radius 2 is 2.25 bits per heavy atom. The zero-order valence-electron chi connectivity index (χ0n) is 10.8. The van der Waals surface area contributed by atoms with Crippen molar-refractivity contribution in [3.05, 3.63) is 35.8 Å². The minimum atomic E-state index is -0.125. The van der Waals surface area contributed by atoms with Gasteiger partial charge in [0.05, 0.1) is 11.0 Å². The zero-order chi connectivity index (χ0) is 13.9. The summed E-state index contributed by atoms with van der Waals surface area (Å²) in [6, 6.07) is 7.72. The smallest absolute Gasteiger partial charge is 0.246 e. The summed E-state index contributed by atoms with van der Waals surface area (Å²) in [5.41, 5.74) is 1.78. The topological polar surface area (TPSA) is 71.8 Å². The molecule has 0 atom stereocenters. The number of imidazole rings is 1. The molecule has 0 aliphatic rings. The molecular formula is C13H13N5OS. The molecule has 6 nitrogen and oxygen atoms in total. The Hall–Kier alpha value is -2.41. The van der Waals surface area contributed by atoms with Crippen LogP contribution in [0.5, 0.6) is 0 Å². The van der Waals surface area contributed by atoms with Gasteiger partial charge in [-0.2, -0.15) is 0 Å². The summed E-state index contributed by atoms with van der Waals surface area (Å²) in [7, 11) is 1.79. The summed E-state index contributed by atoms with van der Waals surface area (Å²) in [6.45, 7) is 0.191. The van der Waals surface area contributed by atoms with Gasteiger partial charge >= 0.3 is 0 Å². The van der Waals surface area contributed by atoms with Crippen LogP contribution in [0, 0.1) is 0 Å². The van der Waals surface area contributed by atoms with Crippen molar-refractivity contribution < 1.29 is 4.79 Å². The van der Waals surface area contributed by atoms with Crippen molar-refractivity contribution in [2.75, 3.05) is 17.7 Å². The van der Waals surface area contributed by atoms with Crippen LogP contribution in [0.2, 0.25) is 0 Å². The first kappa shape index (κ1) is 12.6. The molecule has 3 rings (SSSR count). The van der Waals surface area contributed by atoms with Gasteiger partial charge in [-0.1, -0.05) is 12.1 Å². The SMILES string of the molecule is CNc1nc2ccccc2n1CC(=O)Nc1nccs1. The normalized spacial score (nSPS) is 10.7. The van der Waals surface area contributed by atoms with E-state index in [0.29, 0.717) is 11.1 Å². The quantitative estimate of drug-likeness (QED) is 0.771. The van der Waals surface area contributed by atoms with Gasteiger partial charge in [-0.05, 0) is 12.1 Å². The molecule has 102 valence electrons. The van der Waals surface area contributed by atoms with E-state index in [9.17, 15) is 4.79 Å².